The quantitative estimate of drug-likeness (QED) is 0.779. The lowest BCUT2D eigenvalue weighted by Crippen LogP contribution is -2.49. The van der Waals surface area contributed by atoms with Crippen LogP contribution in [0.2, 0.25) is 0 Å². The fourth-order valence-electron chi connectivity index (χ4n) is 2.37. The maximum Gasteiger partial charge on any atom is 0.258 e. The molecule has 1 amide bonds. The Morgan fingerprint density at radius 2 is 2.05 bits per heavy atom. The number of nitrogens with zero attached hydrogens (tertiary/aromatic N) is 3. The van der Waals surface area contributed by atoms with Gasteiger partial charge in [0.25, 0.3) is 5.91 Å². The molecule has 4 nitrogen and oxygen atoms in total. The smallest absolute Gasteiger partial charge is 0.258 e. The van der Waals surface area contributed by atoms with Crippen molar-refractivity contribution < 1.29 is 9.18 Å². The monoisotopic (exact) mass is 265 g/mol. The summed E-state index contributed by atoms with van der Waals surface area (Å²) in [6.45, 7) is 8.42. The molecule has 0 aromatic carbocycles. The summed E-state index contributed by atoms with van der Waals surface area (Å²) in [5.74, 6) is -0.315. The van der Waals surface area contributed by atoms with Crippen LogP contribution in [0.5, 0.6) is 0 Å². The average Bonchev–Trinajstić information content (AvgIpc) is 2.39. The van der Waals surface area contributed by atoms with Gasteiger partial charge in [0.1, 0.15) is 0 Å². The van der Waals surface area contributed by atoms with Gasteiger partial charge >= 0.3 is 0 Å². The van der Waals surface area contributed by atoms with E-state index in [-0.39, 0.29) is 11.5 Å². The van der Waals surface area contributed by atoms with E-state index in [1.807, 2.05) is 0 Å². The standard InChI is InChI=1S/C14H20FN3O/c1-11(2)10-17-6-8-18(9-7-17)14(19)12-4-3-5-16-13(12)15/h3-5,11H,6-10H2,1-2H3. The lowest BCUT2D eigenvalue weighted by molar-refractivity contribution is 0.0618. The number of hydrogen-bond donors (Lipinski definition) is 0. The molecule has 0 atom stereocenters. The van der Waals surface area contributed by atoms with Gasteiger partial charge < -0.3 is 4.90 Å². The first-order valence-corrected chi connectivity index (χ1v) is 6.70. The van der Waals surface area contributed by atoms with Crippen LogP contribution < -0.4 is 0 Å². The first kappa shape index (κ1) is 13.9. The summed E-state index contributed by atoms with van der Waals surface area (Å²) in [4.78, 5) is 19.7. The van der Waals surface area contributed by atoms with Gasteiger partial charge in [-0.15, -0.1) is 0 Å². The molecule has 104 valence electrons. The first-order chi connectivity index (χ1) is 9.08. The van der Waals surface area contributed by atoms with Crippen molar-refractivity contribution in [3.63, 3.8) is 0 Å². The minimum atomic E-state index is -0.683. The van der Waals surface area contributed by atoms with E-state index in [9.17, 15) is 9.18 Å². The molecule has 5 heteroatoms. The number of pyridine rings is 1. The third-order valence-electron chi connectivity index (χ3n) is 3.27. The SMILES string of the molecule is CC(C)CN1CCN(C(=O)c2cccnc2F)CC1. The lowest BCUT2D eigenvalue weighted by atomic mass is 10.1. The Morgan fingerprint density at radius 3 is 2.63 bits per heavy atom. The Bertz CT molecular complexity index is 442. The molecule has 2 heterocycles. The molecule has 1 aromatic rings. The molecule has 0 radical (unpaired) electrons. The molecule has 0 bridgehead atoms. The second-order valence-electron chi connectivity index (χ2n) is 5.33. The highest BCUT2D eigenvalue weighted by molar-refractivity contribution is 5.94. The molecular formula is C14H20FN3O. The number of halogens is 1. The normalized spacial score (nSPS) is 16.9. The molecule has 1 saturated heterocycles. The molecule has 0 aliphatic carbocycles. The Morgan fingerprint density at radius 1 is 1.37 bits per heavy atom. The van der Waals surface area contributed by atoms with Crippen LogP contribution in [0.3, 0.4) is 0 Å². The minimum absolute atomic E-state index is 0.0693. The third-order valence-corrected chi connectivity index (χ3v) is 3.27. The van der Waals surface area contributed by atoms with Gasteiger partial charge in [0.05, 0.1) is 5.56 Å². The molecular weight excluding hydrogens is 245 g/mol. The topological polar surface area (TPSA) is 36.4 Å². The van der Waals surface area contributed by atoms with Crippen molar-refractivity contribution >= 4 is 5.91 Å². The van der Waals surface area contributed by atoms with E-state index in [2.05, 4.69) is 23.7 Å². The van der Waals surface area contributed by atoms with Crippen molar-refractivity contribution in [2.75, 3.05) is 32.7 Å². The minimum Gasteiger partial charge on any atom is -0.336 e. The lowest BCUT2D eigenvalue weighted by Gasteiger charge is -2.35. The fourth-order valence-corrected chi connectivity index (χ4v) is 2.37. The van der Waals surface area contributed by atoms with E-state index < -0.39 is 5.95 Å². The number of carbonyl (C=O) groups is 1. The van der Waals surface area contributed by atoms with Gasteiger partial charge in [0.15, 0.2) is 0 Å². The van der Waals surface area contributed by atoms with Gasteiger partial charge in [-0.2, -0.15) is 4.39 Å². The molecule has 2 rings (SSSR count). The molecule has 0 N–H and O–H groups in total. The number of amides is 1. The van der Waals surface area contributed by atoms with Crippen LogP contribution >= 0.6 is 0 Å². The summed E-state index contributed by atoms with van der Waals surface area (Å²) in [6, 6.07) is 3.08. The van der Waals surface area contributed by atoms with Crippen LogP contribution in [0.25, 0.3) is 0 Å². The van der Waals surface area contributed by atoms with E-state index in [1.54, 1.807) is 11.0 Å². The number of carbonyl (C=O) groups excluding carboxylic acids is 1. The van der Waals surface area contributed by atoms with Crippen LogP contribution in [0, 0.1) is 11.9 Å². The van der Waals surface area contributed by atoms with Gasteiger partial charge in [0.2, 0.25) is 5.95 Å². The van der Waals surface area contributed by atoms with Crippen molar-refractivity contribution in [1.29, 1.82) is 0 Å². The molecule has 1 aliphatic heterocycles. The Kier molecular flexibility index (Phi) is 4.47. The third kappa shape index (κ3) is 3.50. The molecule has 0 unspecified atom stereocenters. The van der Waals surface area contributed by atoms with Gasteiger partial charge in [-0.1, -0.05) is 13.8 Å². The van der Waals surface area contributed by atoms with Crippen molar-refractivity contribution in [3.05, 3.63) is 29.8 Å². The molecule has 0 spiro atoms. The Balaban J connectivity index is 1.95. The maximum absolute atomic E-state index is 13.5. The second-order valence-corrected chi connectivity index (χ2v) is 5.33. The number of rotatable bonds is 3. The van der Waals surface area contributed by atoms with Crippen molar-refractivity contribution in [2.24, 2.45) is 5.92 Å². The largest absolute Gasteiger partial charge is 0.336 e. The van der Waals surface area contributed by atoms with Crippen LogP contribution in [0.4, 0.5) is 4.39 Å². The van der Waals surface area contributed by atoms with Crippen molar-refractivity contribution in [1.82, 2.24) is 14.8 Å². The molecule has 1 fully saturated rings. The summed E-state index contributed by atoms with van der Waals surface area (Å²) in [5.41, 5.74) is 0.0693. The van der Waals surface area contributed by atoms with Gasteiger partial charge in [-0.05, 0) is 18.1 Å². The predicted octanol–water partition coefficient (Wildman–Crippen LogP) is 1.63. The number of aromatic nitrogens is 1. The highest BCUT2D eigenvalue weighted by atomic mass is 19.1. The molecule has 19 heavy (non-hydrogen) atoms. The molecule has 0 saturated carbocycles. The Labute approximate surface area is 113 Å². The van der Waals surface area contributed by atoms with Gasteiger partial charge in [-0.25, -0.2) is 4.98 Å². The van der Waals surface area contributed by atoms with Gasteiger partial charge in [-0.3, -0.25) is 9.69 Å². The van der Waals surface area contributed by atoms with E-state index in [0.717, 1.165) is 19.6 Å². The Hall–Kier alpha value is -1.49. The zero-order valence-corrected chi connectivity index (χ0v) is 11.5. The predicted molar refractivity (Wildman–Crippen MR) is 71.4 cm³/mol. The van der Waals surface area contributed by atoms with Crippen molar-refractivity contribution in [2.45, 2.75) is 13.8 Å². The van der Waals surface area contributed by atoms with Crippen LogP contribution in [0.1, 0.15) is 24.2 Å². The van der Waals surface area contributed by atoms with Gasteiger partial charge in [0, 0.05) is 38.9 Å². The highest BCUT2D eigenvalue weighted by Gasteiger charge is 2.24. The van der Waals surface area contributed by atoms with E-state index >= 15 is 0 Å². The molecule has 1 aromatic heterocycles. The summed E-state index contributed by atoms with van der Waals surface area (Å²) < 4.78 is 13.5. The van der Waals surface area contributed by atoms with Crippen LogP contribution in [-0.2, 0) is 0 Å². The van der Waals surface area contributed by atoms with Crippen LogP contribution in [-0.4, -0.2) is 53.4 Å². The van der Waals surface area contributed by atoms with Crippen molar-refractivity contribution in [3.8, 4) is 0 Å². The number of piperazine rings is 1. The second kappa shape index (κ2) is 6.10. The average molecular weight is 265 g/mol. The fraction of sp³-hybridized carbons (Fsp3) is 0.571. The maximum atomic E-state index is 13.5. The number of hydrogen-bond acceptors (Lipinski definition) is 3. The molecule has 1 aliphatic rings. The van der Waals surface area contributed by atoms with E-state index in [4.69, 9.17) is 0 Å². The zero-order chi connectivity index (χ0) is 13.8. The summed E-state index contributed by atoms with van der Waals surface area (Å²) in [5, 5.41) is 0. The van der Waals surface area contributed by atoms with Crippen LogP contribution in [0.15, 0.2) is 18.3 Å². The summed E-state index contributed by atoms with van der Waals surface area (Å²) in [6.07, 6.45) is 1.35. The van der Waals surface area contributed by atoms with E-state index in [1.165, 1.54) is 12.3 Å². The summed E-state index contributed by atoms with van der Waals surface area (Å²) >= 11 is 0. The van der Waals surface area contributed by atoms with E-state index in [0.29, 0.717) is 19.0 Å². The summed E-state index contributed by atoms with van der Waals surface area (Å²) in [7, 11) is 0. The first-order valence-electron chi connectivity index (χ1n) is 6.70. The highest BCUT2D eigenvalue weighted by Crippen LogP contribution is 2.11. The zero-order valence-electron chi connectivity index (χ0n) is 11.5.